The highest BCUT2D eigenvalue weighted by molar-refractivity contribution is 7.15. The maximum Gasteiger partial charge on any atom is 0.227 e. The first-order valence-electron chi connectivity index (χ1n) is 8.57. The largest absolute Gasteiger partial charge is 0.497 e. The first-order chi connectivity index (χ1) is 12.7. The van der Waals surface area contributed by atoms with Crippen LogP contribution in [0.5, 0.6) is 5.75 Å². The highest BCUT2D eigenvalue weighted by Crippen LogP contribution is 2.34. The van der Waals surface area contributed by atoms with Crippen molar-refractivity contribution in [2.75, 3.05) is 12.4 Å². The van der Waals surface area contributed by atoms with Gasteiger partial charge < -0.3 is 10.1 Å². The summed E-state index contributed by atoms with van der Waals surface area (Å²) in [6.07, 6.45) is 6.00. The van der Waals surface area contributed by atoms with Crippen molar-refractivity contribution in [3.05, 3.63) is 59.4 Å². The molecular formula is C20H19N3O2S. The standard InChI is InChI=1S/C20H19N3O2S/c1-25-16-7-5-15(6-8-16)22-19(24)13-4-9-17-18(11-13)26-20(23-17)14-3-2-10-21-12-14/h2-3,5-8,10,12-13H,4,9,11H2,1H3,(H,22,24). The molecule has 1 aromatic carbocycles. The van der Waals surface area contributed by atoms with Crippen molar-refractivity contribution >= 4 is 22.9 Å². The molecule has 26 heavy (non-hydrogen) atoms. The van der Waals surface area contributed by atoms with Crippen molar-refractivity contribution in [3.8, 4) is 16.3 Å². The third-order valence-corrected chi connectivity index (χ3v) is 5.75. The van der Waals surface area contributed by atoms with Crippen LogP contribution in [-0.4, -0.2) is 23.0 Å². The minimum absolute atomic E-state index is 0.0215. The van der Waals surface area contributed by atoms with Crippen molar-refractivity contribution in [2.45, 2.75) is 19.3 Å². The number of hydrogen-bond acceptors (Lipinski definition) is 5. The second kappa shape index (κ2) is 7.25. The van der Waals surface area contributed by atoms with Gasteiger partial charge in [-0.1, -0.05) is 0 Å². The van der Waals surface area contributed by atoms with Gasteiger partial charge in [0.25, 0.3) is 0 Å². The van der Waals surface area contributed by atoms with E-state index in [-0.39, 0.29) is 11.8 Å². The molecule has 0 saturated heterocycles. The van der Waals surface area contributed by atoms with Gasteiger partial charge in [0.1, 0.15) is 10.8 Å². The number of nitrogens with zero attached hydrogens (tertiary/aromatic N) is 2. The Labute approximate surface area is 156 Å². The summed E-state index contributed by atoms with van der Waals surface area (Å²) in [6, 6.07) is 11.3. The van der Waals surface area contributed by atoms with Crippen LogP contribution in [0.2, 0.25) is 0 Å². The molecular weight excluding hydrogens is 346 g/mol. The molecule has 0 saturated carbocycles. The summed E-state index contributed by atoms with van der Waals surface area (Å²) in [6.45, 7) is 0. The molecule has 1 unspecified atom stereocenters. The number of aryl methyl sites for hydroxylation is 1. The van der Waals surface area contributed by atoms with Gasteiger partial charge in [-0.2, -0.15) is 0 Å². The number of nitrogens with one attached hydrogen (secondary N) is 1. The average molecular weight is 365 g/mol. The number of pyridine rings is 1. The van der Waals surface area contributed by atoms with Crippen LogP contribution in [0.1, 0.15) is 17.0 Å². The SMILES string of the molecule is COc1ccc(NC(=O)C2CCc3nc(-c4cccnc4)sc3C2)cc1. The normalized spacial score (nSPS) is 16.0. The quantitative estimate of drug-likeness (QED) is 0.760. The van der Waals surface area contributed by atoms with Crippen molar-refractivity contribution in [1.82, 2.24) is 9.97 Å². The Bertz CT molecular complexity index is 907. The number of aromatic nitrogens is 2. The van der Waals surface area contributed by atoms with Crippen LogP contribution < -0.4 is 10.1 Å². The van der Waals surface area contributed by atoms with Gasteiger partial charge in [0.05, 0.1) is 12.8 Å². The van der Waals surface area contributed by atoms with Crippen LogP contribution in [0, 0.1) is 5.92 Å². The van der Waals surface area contributed by atoms with E-state index in [1.807, 2.05) is 42.6 Å². The molecule has 1 N–H and O–H groups in total. The van der Waals surface area contributed by atoms with Gasteiger partial charge in [-0.25, -0.2) is 4.98 Å². The Hall–Kier alpha value is -2.73. The average Bonchev–Trinajstić information content (AvgIpc) is 3.12. The number of benzene rings is 1. The van der Waals surface area contributed by atoms with E-state index in [1.54, 1.807) is 24.6 Å². The summed E-state index contributed by atoms with van der Waals surface area (Å²) in [7, 11) is 1.63. The molecule has 6 heteroatoms. The minimum Gasteiger partial charge on any atom is -0.497 e. The highest BCUT2D eigenvalue weighted by atomic mass is 32.1. The molecule has 0 fully saturated rings. The molecule has 0 radical (unpaired) electrons. The predicted molar refractivity (Wildman–Crippen MR) is 102 cm³/mol. The summed E-state index contributed by atoms with van der Waals surface area (Å²) in [4.78, 5) is 22.8. The summed E-state index contributed by atoms with van der Waals surface area (Å²) in [5, 5.41) is 4.00. The van der Waals surface area contributed by atoms with Gasteiger partial charge in [-0.15, -0.1) is 11.3 Å². The molecule has 2 heterocycles. The van der Waals surface area contributed by atoms with E-state index < -0.39 is 0 Å². The summed E-state index contributed by atoms with van der Waals surface area (Å²) in [5.74, 6) is 0.821. The zero-order valence-corrected chi connectivity index (χ0v) is 15.3. The van der Waals surface area contributed by atoms with Crippen LogP contribution in [-0.2, 0) is 17.6 Å². The third kappa shape index (κ3) is 3.46. The van der Waals surface area contributed by atoms with E-state index in [2.05, 4.69) is 10.3 Å². The second-order valence-electron chi connectivity index (χ2n) is 6.29. The lowest BCUT2D eigenvalue weighted by Crippen LogP contribution is -2.27. The molecule has 1 atom stereocenters. The van der Waals surface area contributed by atoms with E-state index in [0.717, 1.165) is 47.0 Å². The molecule has 0 aliphatic heterocycles. The number of carbonyl (C=O) groups excluding carboxylic acids is 1. The molecule has 2 aromatic heterocycles. The van der Waals surface area contributed by atoms with Crippen LogP contribution in [0.3, 0.4) is 0 Å². The number of rotatable bonds is 4. The van der Waals surface area contributed by atoms with Crippen molar-refractivity contribution in [3.63, 3.8) is 0 Å². The van der Waals surface area contributed by atoms with Gasteiger partial charge in [-0.3, -0.25) is 9.78 Å². The first kappa shape index (κ1) is 16.7. The molecule has 5 nitrogen and oxygen atoms in total. The smallest absolute Gasteiger partial charge is 0.227 e. The fraction of sp³-hybridized carbons (Fsp3) is 0.250. The number of anilines is 1. The maximum atomic E-state index is 12.6. The number of thiazole rings is 1. The fourth-order valence-electron chi connectivity index (χ4n) is 3.13. The van der Waals surface area contributed by atoms with E-state index >= 15 is 0 Å². The van der Waals surface area contributed by atoms with E-state index in [4.69, 9.17) is 9.72 Å². The molecule has 1 amide bonds. The first-order valence-corrected chi connectivity index (χ1v) is 9.38. The topological polar surface area (TPSA) is 64.1 Å². The second-order valence-corrected chi connectivity index (χ2v) is 7.37. The molecule has 0 bridgehead atoms. The number of methoxy groups -OCH3 is 1. The number of amides is 1. The Balaban J connectivity index is 1.45. The molecule has 0 spiro atoms. The Morgan fingerprint density at radius 2 is 2.12 bits per heavy atom. The zero-order chi connectivity index (χ0) is 17.9. The lowest BCUT2D eigenvalue weighted by atomic mass is 9.90. The number of ether oxygens (including phenoxy) is 1. The van der Waals surface area contributed by atoms with Crippen LogP contribution in [0.25, 0.3) is 10.6 Å². The number of fused-ring (bicyclic) bond motifs is 1. The Morgan fingerprint density at radius 1 is 1.27 bits per heavy atom. The Morgan fingerprint density at radius 3 is 2.85 bits per heavy atom. The molecule has 4 rings (SSSR count). The van der Waals surface area contributed by atoms with E-state index in [9.17, 15) is 4.79 Å². The maximum absolute atomic E-state index is 12.6. The van der Waals surface area contributed by atoms with Crippen LogP contribution in [0.15, 0.2) is 48.8 Å². The van der Waals surface area contributed by atoms with Gasteiger partial charge >= 0.3 is 0 Å². The van der Waals surface area contributed by atoms with Crippen LogP contribution >= 0.6 is 11.3 Å². The lowest BCUT2D eigenvalue weighted by molar-refractivity contribution is -0.120. The fourth-order valence-corrected chi connectivity index (χ4v) is 4.31. The van der Waals surface area contributed by atoms with Crippen molar-refractivity contribution < 1.29 is 9.53 Å². The Kier molecular flexibility index (Phi) is 4.67. The monoisotopic (exact) mass is 365 g/mol. The highest BCUT2D eigenvalue weighted by Gasteiger charge is 2.27. The van der Waals surface area contributed by atoms with Crippen molar-refractivity contribution in [1.29, 1.82) is 0 Å². The predicted octanol–water partition coefficient (Wildman–Crippen LogP) is 3.96. The number of carbonyl (C=O) groups is 1. The number of hydrogen-bond donors (Lipinski definition) is 1. The summed E-state index contributed by atoms with van der Waals surface area (Å²) in [5.41, 5.74) is 2.95. The molecule has 1 aliphatic carbocycles. The van der Waals surface area contributed by atoms with Gasteiger partial charge in [0.2, 0.25) is 5.91 Å². The van der Waals surface area contributed by atoms with Gasteiger partial charge in [0, 0.05) is 34.4 Å². The van der Waals surface area contributed by atoms with E-state index in [1.165, 1.54) is 4.88 Å². The molecule has 132 valence electrons. The lowest BCUT2D eigenvalue weighted by Gasteiger charge is -2.20. The molecule has 1 aliphatic rings. The van der Waals surface area contributed by atoms with E-state index in [0.29, 0.717) is 0 Å². The summed E-state index contributed by atoms with van der Waals surface area (Å²) < 4.78 is 5.15. The van der Waals surface area contributed by atoms with Crippen LogP contribution in [0.4, 0.5) is 5.69 Å². The van der Waals surface area contributed by atoms with Gasteiger partial charge in [0.15, 0.2) is 0 Å². The van der Waals surface area contributed by atoms with Crippen molar-refractivity contribution in [2.24, 2.45) is 5.92 Å². The minimum atomic E-state index is -0.0215. The molecule has 3 aromatic rings. The third-order valence-electron chi connectivity index (χ3n) is 4.58. The summed E-state index contributed by atoms with van der Waals surface area (Å²) >= 11 is 1.67. The van der Waals surface area contributed by atoms with Gasteiger partial charge in [-0.05, 0) is 55.7 Å². The zero-order valence-electron chi connectivity index (χ0n) is 14.4.